The SMILES string of the molecule is CN(C)CCNC(=O)C1CC(F)CN1.Cl.Cl. The molecule has 1 saturated heterocycles. The van der Waals surface area contributed by atoms with Crippen molar-refractivity contribution in [1.82, 2.24) is 15.5 Å². The summed E-state index contributed by atoms with van der Waals surface area (Å²) >= 11 is 0. The molecule has 7 heteroatoms. The van der Waals surface area contributed by atoms with Crippen LogP contribution in [0.2, 0.25) is 0 Å². The maximum Gasteiger partial charge on any atom is 0.237 e. The van der Waals surface area contributed by atoms with Gasteiger partial charge in [-0.05, 0) is 14.1 Å². The van der Waals surface area contributed by atoms with E-state index in [9.17, 15) is 9.18 Å². The zero-order valence-corrected chi connectivity index (χ0v) is 11.2. The van der Waals surface area contributed by atoms with Crippen LogP contribution in [0.5, 0.6) is 0 Å². The van der Waals surface area contributed by atoms with Crippen LogP contribution in [0.25, 0.3) is 0 Å². The lowest BCUT2D eigenvalue weighted by Crippen LogP contribution is -2.42. The fourth-order valence-corrected chi connectivity index (χ4v) is 1.42. The first kappa shape index (κ1) is 18.3. The van der Waals surface area contributed by atoms with Crippen molar-refractivity contribution < 1.29 is 9.18 Å². The number of nitrogens with one attached hydrogen (secondary N) is 2. The van der Waals surface area contributed by atoms with Crippen molar-refractivity contribution in [2.75, 3.05) is 33.7 Å². The molecule has 2 unspecified atom stereocenters. The molecule has 1 heterocycles. The Labute approximate surface area is 108 Å². The summed E-state index contributed by atoms with van der Waals surface area (Å²) in [5, 5.41) is 5.61. The van der Waals surface area contributed by atoms with Gasteiger partial charge in [-0.3, -0.25) is 4.79 Å². The van der Waals surface area contributed by atoms with Crippen molar-refractivity contribution in [2.24, 2.45) is 0 Å². The molecule has 0 aromatic rings. The minimum Gasteiger partial charge on any atom is -0.353 e. The Balaban J connectivity index is 0. The number of likely N-dealkylation sites (N-methyl/N-ethyl adjacent to an activating group) is 1. The number of rotatable bonds is 4. The smallest absolute Gasteiger partial charge is 0.237 e. The molecule has 98 valence electrons. The molecule has 1 aliphatic heterocycles. The fraction of sp³-hybridized carbons (Fsp3) is 0.889. The largest absolute Gasteiger partial charge is 0.353 e. The van der Waals surface area contributed by atoms with Gasteiger partial charge in [0.2, 0.25) is 5.91 Å². The summed E-state index contributed by atoms with van der Waals surface area (Å²) in [6, 6.07) is -0.341. The maximum absolute atomic E-state index is 12.7. The highest BCUT2D eigenvalue weighted by Gasteiger charge is 2.28. The van der Waals surface area contributed by atoms with Crippen LogP contribution in [0.3, 0.4) is 0 Å². The van der Waals surface area contributed by atoms with Gasteiger partial charge >= 0.3 is 0 Å². The van der Waals surface area contributed by atoms with E-state index in [2.05, 4.69) is 10.6 Å². The molecular weight excluding hydrogens is 256 g/mol. The van der Waals surface area contributed by atoms with Crippen LogP contribution in [0.15, 0.2) is 0 Å². The molecule has 2 atom stereocenters. The number of hydrogen-bond donors (Lipinski definition) is 2. The van der Waals surface area contributed by atoms with E-state index in [-0.39, 0.29) is 36.8 Å². The second-order valence-electron chi connectivity index (χ2n) is 3.89. The predicted molar refractivity (Wildman–Crippen MR) is 67.4 cm³/mol. The molecule has 1 fully saturated rings. The molecule has 0 saturated carbocycles. The normalized spacial score (nSPS) is 23.5. The summed E-state index contributed by atoms with van der Waals surface area (Å²) in [7, 11) is 3.88. The van der Waals surface area contributed by atoms with Gasteiger partial charge in [0.15, 0.2) is 0 Å². The molecule has 1 amide bonds. The van der Waals surface area contributed by atoms with E-state index >= 15 is 0 Å². The van der Waals surface area contributed by atoms with Gasteiger partial charge in [0.25, 0.3) is 0 Å². The number of amides is 1. The second kappa shape index (κ2) is 8.98. The van der Waals surface area contributed by atoms with Crippen LogP contribution in [-0.2, 0) is 4.79 Å². The van der Waals surface area contributed by atoms with Crippen LogP contribution < -0.4 is 10.6 Å². The van der Waals surface area contributed by atoms with Gasteiger partial charge in [0, 0.05) is 26.1 Å². The Kier molecular flexibility index (Phi) is 10.3. The monoisotopic (exact) mass is 275 g/mol. The third-order valence-electron chi connectivity index (χ3n) is 2.25. The van der Waals surface area contributed by atoms with Gasteiger partial charge in [0.1, 0.15) is 6.17 Å². The number of halogens is 3. The molecule has 0 bridgehead atoms. The fourth-order valence-electron chi connectivity index (χ4n) is 1.42. The highest BCUT2D eigenvalue weighted by molar-refractivity contribution is 5.85. The van der Waals surface area contributed by atoms with Gasteiger partial charge in [-0.15, -0.1) is 24.8 Å². The van der Waals surface area contributed by atoms with Gasteiger partial charge in [-0.25, -0.2) is 4.39 Å². The number of hydrogen-bond acceptors (Lipinski definition) is 3. The summed E-state index contributed by atoms with van der Waals surface area (Å²) < 4.78 is 12.7. The van der Waals surface area contributed by atoms with Crippen LogP contribution in [0.4, 0.5) is 4.39 Å². The topological polar surface area (TPSA) is 44.4 Å². The third-order valence-corrected chi connectivity index (χ3v) is 2.25. The van der Waals surface area contributed by atoms with Crippen molar-refractivity contribution in [1.29, 1.82) is 0 Å². The highest BCUT2D eigenvalue weighted by atomic mass is 35.5. The highest BCUT2D eigenvalue weighted by Crippen LogP contribution is 2.09. The van der Waals surface area contributed by atoms with Crippen molar-refractivity contribution >= 4 is 30.7 Å². The van der Waals surface area contributed by atoms with Crippen LogP contribution in [0.1, 0.15) is 6.42 Å². The Hall–Kier alpha value is -0.100. The second-order valence-corrected chi connectivity index (χ2v) is 3.89. The van der Waals surface area contributed by atoms with Gasteiger partial charge in [-0.1, -0.05) is 0 Å². The summed E-state index contributed by atoms with van der Waals surface area (Å²) in [6.07, 6.45) is -0.576. The number of carbonyl (C=O) groups excluding carboxylic acids is 1. The molecule has 16 heavy (non-hydrogen) atoms. The molecule has 0 aliphatic carbocycles. The molecule has 1 aliphatic rings. The van der Waals surface area contributed by atoms with Crippen molar-refractivity contribution in [3.05, 3.63) is 0 Å². The Morgan fingerprint density at radius 3 is 2.56 bits per heavy atom. The summed E-state index contributed by atoms with van der Waals surface area (Å²) in [5.74, 6) is -0.0907. The minimum atomic E-state index is -0.875. The van der Waals surface area contributed by atoms with Crippen molar-refractivity contribution in [3.8, 4) is 0 Å². The van der Waals surface area contributed by atoms with Gasteiger partial charge in [0.05, 0.1) is 6.04 Å². The predicted octanol–water partition coefficient (Wildman–Crippen LogP) is 0.208. The minimum absolute atomic E-state index is 0. The molecule has 0 aromatic carbocycles. The summed E-state index contributed by atoms with van der Waals surface area (Å²) in [5.41, 5.74) is 0. The zero-order chi connectivity index (χ0) is 10.6. The number of carbonyl (C=O) groups is 1. The first-order valence-corrected chi connectivity index (χ1v) is 4.89. The maximum atomic E-state index is 12.7. The van der Waals surface area contributed by atoms with E-state index in [4.69, 9.17) is 0 Å². The van der Waals surface area contributed by atoms with Gasteiger partial charge in [-0.2, -0.15) is 0 Å². The number of alkyl halides is 1. The lowest BCUT2D eigenvalue weighted by molar-refractivity contribution is -0.122. The van der Waals surface area contributed by atoms with Gasteiger partial charge < -0.3 is 15.5 Å². The molecule has 2 N–H and O–H groups in total. The van der Waals surface area contributed by atoms with Crippen LogP contribution in [0, 0.1) is 0 Å². The number of nitrogens with zero attached hydrogens (tertiary/aromatic N) is 1. The molecule has 4 nitrogen and oxygen atoms in total. The molecule has 0 aromatic heterocycles. The molecule has 0 radical (unpaired) electrons. The van der Waals surface area contributed by atoms with Crippen molar-refractivity contribution in [2.45, 2.75) is 18.6 Å². The third kappa shape index (κ3) is 6.48. The van der Waals surface area contributed by atoms with E-state index in [1.54, 1.807) is 0 Å². The Morgan fingerprint density at radius 1 is 1.50 bits per heavy atom. The first-order chi connectivity index (χ1) is 6.59. The summed E-state index contributed by atoms with van der Waals surface area (Å²) in [4.78, 5) is 13.4. The lowest BCUT2D eigenvalue weighted by atomic mass is 10.2. The van der Waals surface area contributed by atoms with E-state index in [1.165, 1.54) is 0 Å². The Morgan fingerprint density at radius 2 is 2.12 bits per heavy atom. The van der Waals surface area contributed by atoms with E-state index < -0.39 is 6.17 Å². The average molecular weight is 276 g/mol. The molecule has 0 spiro atoms. The summed E-state index contributed by atoms with van der Waals surface area (Å²) in [6.45, 7) is 1.71. The standard InChI is InChI=1S/C9H18FN3O.2ClH/c1-13(2)4-3-11-9(14)8-5-7(10)6-12-8;;/h7-8,12H,3-6H2,1-2H3,(H,11,14);2*1H. The molecular formula is C9H20Cl2FN3O. The first-order valence-electron chi connectivity index (χ1n) is 4.89. The van der Waals surface area contributed by atoms with E-state index in [0.29, 0.717) is 19.5 Å². The Bertz CT molecular complexity index is 207. The quantitative estimate of drug-likeness (QED) is 0.771. The zero-order valence-electron chi connectivity index (χ0n) is 9.53. The lowest BCUT2D eigenvalue weighted by Gasteiger charge is -2.13. The van der Waals surface area contributed by atoms with Crippen molar-refractivity contribution in [3.63, 3.8) is 0 Å². The van der Waals surface area contributed by atoms with E-state index in [1.807, 2.05) is 19.0 Å². The van der Waals surface area contributed by atoms with Crippen LogP contribution in [-0.4, -0.2) is 56.8 Å². The van der Waals surface area contributed by atoms with Crippen LogP contribution >= 0.6 is 24.8 Å². The van der Waals surface area contributed by atoms with E-state index in [0.717, 1.165) is 6.54 Å². The molecule has 1 rings (SSSR count). The average Bonchev–Trinajstić information content (AvgIpc) is 2.51.